The van der Waals surface area contributed by atoms with Crippen molar-refractivity contribution in [1.82, 2.24) is 15.2 Å². The Morgan fingerprint density at radius 2 is 1.89 bits per heavy atom. The molecule has 0 radical (unpaired) electrons. The first-order valence-electron chi connectivity index (χ1n) is 6.03. The van der Waals surface area contributed by atoms with E-state index in [1.807, 2.05) is 26.0 Å². The lowest BCUT2D eigenvalue weighted by Gasteiger charge is -2.17. The molecule has 0 saturated heterocycles. The number of nitrogens with one attached hydrogen (secondary N) is 1. The van der Waals surface area contributed by atoms with Crippen LogP contribution >= 0.6 is 0 Å². The number of urea groups is 1. The van der Waals surface area contributed by atoms with Crippen molar-refractivity contribution in [3.8, 4) is 0 Å². The Hall–Kier alpha value is -2.11. The molecular formula is C13H19N3O3. The Kier molecular flexibility index (Phi) is 5.29. The van der Waals surface area contributed by atoms with Gasteiger partial charge in [0, 0.05) is 31.5 Å². The minimum absolute atomic E-state index is 0.0581. The lowest BCUT2D eigenvalue weighted by atomic mass is 10.2. The molecule has 0 aliphatic carbocycles. The molecule has 6 heteroatoms. The van der Waals surface area contributed by atoms with Gasteiger partial charge in [0.15, 0.2) is 0 Å². The zero-order valence-electron chi connectivity index (χ0n) is 11.4. The topological polar surface area (TPSA) is 82.5 Å². The molecule has 1 aromatic rings. The molecule has 0 fully saturated rings. The fourth-order valence-electron chi connectivity index (χ4n) is 1.70. The molecule has 0 aliphatic rings. The highest BCUT2D eigenvalue weighted by Crippen LogP contribution is 2.04. The second-order valence-electron chi connectivity index (χ2n) is 4.48. The first kappa shape index (κ1) is 14.9. The van der Waals surface area contributed by atoms with E-state index in [0.717, 1.165) is 17.0 Å². The number of carboxylic acid groups (broad SMARTS) is 1. The highest BCUT2D eigenvalue weighted by Gasteiger charge is 2.09. The number of aromatic nitrogens is 1. The number of pyridine rings is 1. The van der Waals surface area contributed by atoms with Crippen molar-refractivity contribution in [2.45, 2.75) is 26.8 Å². The van der Waals surface area contributed by atoms with Crippen LogP contribution in [0.1, 0.15) is 23.4 Å². The third-order valence-electron chi connectivity index (χ3n) is 2.59. The molecule has 104 valence electrons. The minimum atomic E-state index is -0.917. The van der Waals surface area contributed by atoms with Gasteiger partial charge in [-0.3, -0.25) is 9.78 Å². The van der Waals surface area contributed by atoms with E-state index in [1.54, 1.807) is 7.05 Å². The number of amides is 2. The quantitative estimate of drug-likeness (QED) is 0.841. The van der Waals surface area contributed by atoms with Crippen LogP contribution in [0.25, 0.3) is 0 Å². The minimum Gasteiger partial charge on any atom is -0.481 e. The maximum atomic E-state index is 11.7. The van der Waals surface area contributed by atoms with Crippen molar-refractivity contribution >= 4 is 12.0 Å². The number of aryl methyl sites for hydroxylation is 2. The predicted octanol–water partition coefficient (Wildman–Crippen LogP) is 1.31. The Morgan fingerprint density at radius 1 is 1.32 bits per heavy atom. The van der Waals surface area contributed by atoms with Gasteiger partial charge in [-0.25, -0.2) is 4.79 Å². The smallest absolute Gasteiger partial charge is 0.317 e. The number of carbonyl (C=O) groups excluding carboxylic acids is 1. The second kappa shape index (κ2) is 6.72. The highest BCUT2D eigenvalue weighted by molar-refractivity contribution is 5.75. The van der Waals surface area contributed by atoms with Gasteiger partial charge in [0.05, 0.1) is 6.42 Å². The van der Waals surface area contributed by atoms with E-state index in [1.165, 1.54) is 4.90 Å². The summed E-state index contributed by atoms with van der Waals surface area (Å²) in [6.07, 6.45) is -0.0581. The van der Waals surface area contributed by atoms with Crippen LogP contribution in [0.5, 0.6) is 0 Å². The number of rotatable bonds is 5. The Bertz CT molecular complexity index is 454. The van der Waals surface area contributed by atoms with E-state index >= 15 is 0 Å². The fraction of sp³-hybridized carbons (Fsp3) is 0.462. The van der Waals surface area contributed by atoms with Gasteiger partial charge in [0.2, 0.25) is 0 Å². The summed E-state index contributed by atoms with van der Waals surface area (Å²) >= 11 is 0. The van der Waals surface area contributed by atoms with E-state index < -0.39 is 5.97 Å². The standard InChI is InChI=1S/C13H19N3O3/c1-9-6-11(7-10(2)15-9)8-14-13(19)16(3)5-4-12(17)18/h6-7H,4-5,8H2,1-3H3,(H,14,19)(H,17,18). The molecule has 0 atom stereocenters. The Morgan fingerprint density at radius 3 is 2.42 bits per heavy atom. The van der Waals surface area contributed by atoms with Crippen molar-refractivity contribution < 1.29 is 14.7 Å². The third-order valence-corrected chi connectivity index (χ3v) is 2.59. The van der Waals surface area contributed by atoms with Gasteiger partial charge < -0.3 is 15.3 Å². The molecule has 1 aromatic heterocycles. The number of hydrogen-bond donors (Lipinski definition) is 2. The maximum absolute atomic E-state index is 11.7. The van der Waals surface area contributed by atoms with E-state index in [2.05, 4.69) is 10.3 Å². The van der Waals surface area contributed by atoms with Crippen LogP contribution in [0.2, 0.25) is 0 Å². The van der Waals surface area contributed by atoms with E-state index in [9.17, 15) is 9.59 Å². The van der Waals surface area contributed by atoms with Crippen LogP contribution in [0.3, 0.4) is 0 Å². The lowest BCUT2D eigenvalue weighted by molar-refractivity contribution is -0.137. The number of aliphatic carboxylic acids is 1. The summed E-state index contributed by atoms with van der Waals surface area (Å²) in [5.41, 5.74) is 2.79. The Balaban J connectivity index is 2.47. The van der Waals surface area contributed by atoms with E-state index in [-0.39, 0.29) is 19.0 Å². The van der Waals surface area contributed by atoms with Crippen molar-refractivity contribution in [1.29, 1.82) is 0 Å². The molecule has 0 unspecified atom stereocenters. The predicted molar refractivity (Wildman–Crippen MR) is 70.8 cm³/mol. The molecule has 1 rings (SSSR count). The number of nitrogens with zero attached hydrogens (tertiary/aromatic N) is 2. The number of carbonyl (C=O) groups is 2. The van der Waals surface area contributed by atoms with Crippen molar-refractivity contribution in [2.24, 2.45) is 0 Å². The molecular weight excluding hydrogens is 246 g/mol. The first-order valence-corrected chi connectivity index (χ1v) is 6.03. The molecule has 0 aromatic carbocycles. The zero-order chi connectivity index (χ0) is 14.4. The molecule has 2 amide bonds. The summed E-state index contributed by atoms with van der Waals surface area (Å²) < 4.78 is 0. The summed E-state index contributed by atoms with van der Waals surface area (Å²) in [6.45, 7) is 4.39. The van der Waals surface area contributed by atoms with Crippen molar-refractivity contribution in [3.63, 3.8) is 0 Å². The molecule has 0 aliphatic heterocycles. The summed E-state index contributed by atoms with van der Waals surface area (Å²) in [4.78, 5) is 27.7. The van der Waals surface area contributed by atoms with Gasteiger partial charge in [0.1, 0.15) is 0 Å². The fourth-order valence-corrected chi connectivity index (χ4v) is 1.70. The van der Waals surface area contributed by atoms with Gasteiger partial charge in [-0.15, -0.1) is 0 Å². The summed E-state index contributed by atoms with van der Waals surface area (Å²) in [6, 6.07) is 3.53. The average Bonchev–Trinajstić information content (AvgIpc) is 2.31. The summed E-state index contributed by atoms with van der Waals surface area (Å²) in [5, 5.41) is 11.3. The molecule has 0 spiro atoms. The molecule has 6 nitrogen and oxygen atoms in total. The van der Waals surface area contributed by atoms with Crippen LogP contribution in [0.4, 0.5) is 4.79 Å². The molecule has 0 saturated carbocycles. The van der Waals surface area contributed by atoms with Gasteiger partial charge in [0.25, 0.3) is 0 Å². The third kappa shape index (κ3) is 5.37. The maximum Gasteiger partial charge on any atom is 0.317 e. The van der Waals surface area contributed by atoms with Gasteiger partial charge in [-0.2, -0.15) is 0 Å². The van der Waals surface area contributed by atoms with E-state index in [0.29, 0.717) is 6.54 Å². The van der Waals surface area contributed by atoms with Crippen LogP contribution in [0, 0.1) is 13.8 Å². The number of carboxylic acids is 1. The SMILES string of the molecule is Cc1cc(CNC(=O)N(C)CCC(=O)O)cc(C)n1. The average molecular weight is 265 g/mol. The first-order chi connectivity index (χ1) is 8.88. The highest BCUT2D eigenvalue weighted by atomic mass is 16.4. The Labute approximate surface area is 112 Å². The van der Waals surface area contributed by atoms with Crippen LogP contribution in [-0.4, -0.2) is 40.6 Å². The van der Waals surface area contributed by atoms with Crippen molar-refractivity contribution in [2.75, 3.05) is 13.6 Å². The molecule has 1 heterocycles. The van der Waals surface area contributed by atoms with Crippen LogP contribution in [0.15, 0.2) is 12.1 Å². The van der Waals surface area contributed by atoms with Gasteiger partial charge >= 0.3 is 12.0 Å². The largest absolute Gasteiger partial charge is 0.481 e. The normalized spacial score (nSPS) is 10.1. The van der Waals surface area contributed by atoms with Crippen molar-refractivity contribution in [3.05, 3.63) is 29.1 Å². The van der Waals surface area contributed by atoms with Gasteiger partial charge in [-0.1, -0.05) is 0 Å². The molecule has 19 heavy (non-hydrogen) atoms. The number of hydrogen-bond acceptors (Lipinski definition) is 3. The van der Waals surface area contributed by atoms with E-state index in [4.69, 9.17) is 5.11 Å². The lowest BCUT2D eigenvalue weighted by Crippen LogP contribution is -2.38. The summed E-state index contributed by atoms with van der Waals surface area (Å²) in [5.74, 6) is -0.917. The van der Waals surface area contributed by atoms with Crippen LogP contribution < -0.4 is 5.32 Å². The summed E-state index contributed by atoms with van der Waals surface area (Å²) in [7, 11) is 1.57. The second-order valence-corrected chi connectivity index (χ2v) is 4.48. The van der Waals surface area contributed by atoms with Crippen LogP contribution in [-0.2, 0) is 11.3 Å². The molecule has 2 N–H and O–H groups in total. The monoisotopic (exact) mass is 265 g/mol. The molecule has 0 bridgehead atoms. The zero-order valence-corrected chi connectivity index (χ0v) is 11.4. The van der Waals surface area contributed by atoms with Gasteiger partial charge in [-0.05, 0) is 31.5 Å².